The Morgan fingerprint density at radius 1 is 1.03 bits per heavy atom. The molecule has 0 unspecified atom stereocenters. The van der Waals surface area contributed by atoms with Gasteiger partial charge in [0.2, 0.25) is 5.88 Å². The molecule has 2 heterocycles. The predicted molar refractivity (Wildman–Crippen MR) is 123 cm³/mol. The van der Waals surface area contributed by atoms with Gasteiger partial charge in [-0.3, -0.25) is 0 Å². The van der Waals surface area contributed by atoms with Crippen LogP contribution in [0.15, 0.2) is 72.2 Å². The molecule has 0 aliphatic heterocycles. The summed E-state index contributed by atoms with van der Waals surface area (Å²) in [4.78, 5) is 16.4. The van der Waals surface area contributed by atoms with Crippen molar-refractivity contribution in [3.8, 4) is 17.4 Å². The van der Waals surface area contributed by atoms with E-state index in [1.54, 1.807) is 24.6 Å². The van der Waals surface area contributed by atoms with E-state index in [2.05, 4.69) is 33.1 Å². The highest BCUT2D eigenvalue weighted by Gasteiger charge is 2.06. The van der Waals surface area contributed by atoms with E-state index in [0.717, 1.165) is 17.7 Å². The number of rotatable bonds is 8. The summed E-state index contributed by atoms with van der Waals surface area (Å²) in [6, 6.07) is 19.1. The Bertz CT molecular complexity index is 1160. The second-order valence-corrected chi connectivity index (χ2v) is 7.81. The van der Waals surface area contributed by atoms with Crippen LogP contribution < -0.4 is 20.1 Å². The fourth-order valence-electron chi connectivity index (χ4n) is 3.16. The number of aromatic nitrogens is 1. The number of carbonyl (C=O) groups is 1. The highest BCUT2D eigenvalue weighted by molar-refractivity contribution is 7.17. The Labute approximate surface area is 184 Å². The van der Waals surface area contributed by atoms with Crippen LogP contribution in [-0.4, -0.2) is 24.7 Å². The predicted octanol–water partition coefficient (Wildman–Crippen LogP) is 5.14. The zero-order valence-corrected chi connectivity index (χ0v) is 17.9. The summed E-state index contributed by atoms with van der Waals surface area (Å²) >= 11 is 1.73. The Kier molecular flexibility index (Phi) is 6.64. The maximum atomic E-state index is 12.2. The molecule has 0 bridgehead atoms. The molecule has 31 heavy (non-hydrogen) atoms. The Morgan fingerprint density at radius 3 is 2.68 bits per heavy atom. The van der Waals surface area contributed by atoms with Crippen LogP contribution in [0.25, 0.3) is 10.1 Å². The lowest BCUT2D eigenvalue weighted by Crippen LogP contribution is -2.36. The molecular weight excluding hydrogens is 410 g/mol. The number of pyridine rings is 1. The summed E-state index contributed by atoms with van der Waals surface area (Å²) in [6.45, 7) is 0.962. The lowest BCUT2D eigenvalue weighted by molar-refractivity contribution is 0.240. The summed E-state index contributed by atoms with van der Waals surface area (Å²) in [5, 5.41) is 9.21. The molecule has 158 valence electrons. The minimum absolute atomic E-state index is 0.200. The number of methoxy groups -OCH3 is 1. The van der Waals surface area contributed by atoms with Gasteiger partial charge < -0.3 is 20.1 Å². The van der Waals surface area contributed by atoms with E-state index >= 15 is 0 Å². The van der Waals surface area contributed by atoms with E-state index < -0.39 is 0 Å². The lowest BCUT2D eigenvalue weighted by Gasteiger charge is -2.09. The summed E-state index contributed by atoms with van der Waals surface area (Å²) in [6.07, 6.45) is 2.46. The van der Waals surface area contributed by atoms with E-state index in [1.165, 1.54) is 15.6 Å². The van der Waals surface area contributed by atoms with Crippen LogP contribution in [0.2, 0.25) is 0 Å². The van der Waals surface area contributed by atoms with Gasteiger partial charge in [-0.05, 0) is 64.7 Å². The van der Waals surface area contributed by atoms with Gasteiger partial charge >= 0.3 is 6.03 Å². The zero-order chi connectivity index (χ0) is 21.5. The van der Waals surface area contributed by atoms with Gasteiger partial charge in [-0.1, -0.05) is 18.2 Å². The molecule has 2 amide bonds. The average molecular weight is 434 g/mol. The van der Waals surface area contributed by atoms with Crippen molar-refractivity contribution < 1.29 is 14.3 Å². The van der Waals surface area contributed by atoms with Crippen molar-refractivity contribution in [2.24, 2.45) is 0 Å². The molecule has 0 aliphatic rings. The minimum atomic E-state index is -0.200. The van der Waals surface area contributed by atoms with Crippen molar-refractivity contribution >= 4 is 27.5 Å². The largest absolute Gasteiger partial charge is 0.497 e. The van der Waals surface area contributed by atoms with E-state index in [1.807, 2.05) is 48.5 Å². The van der Waals surface area contributed by atoms with Gasteiger partial charge in [0.05, 0.1) is 7.11 Å². The SMILES string of the molecule is COc1ccc(Oc2cc(CNC(=O)NCCc3csc4ccccc34)ccn2)cc1. The van der Waals surface area contributed by atoms with Crippen LogP contribution in [0, 0.1) is 0 Å². The van der Waals surface area contributed by atoms with Crippen molar-refractivity contribution in [1.82, 2.24) is 15.6 Å². The number of thiophene rings is 1. The normalized spacial score (nSPS) is 10.6. The Morgan fingerprint density at radius 2 is 1.84 bits per heavy atom. The van der Waals surface area contributed by atoms with Crippen LogP contribution in [0.3, 0.4) is 0 Å². The van der Waals surface area contributed by atoms with Crippen molar-refractivity contribution in [2.75, 3.05) is 13.7 Å². The molecule has 0 aliphatic carbocycles. The first kappa shape index (κ1) is 20.7. The van der Waals surface area contributed by atoms with Crippen LogP contribution in [-0.2, 0) is 13.0 Å². The van der Waals surface area contributed by atoms with Crippen LogP contribution in [0.5, 0.6) is 17.4 Å². The fourth-order valence-corrected chi connectivity index (χ4v) is 4.16. The molecule has 2 N–H and O–H groups in total. The van der Waals surface area contributed by atoms with Gasteiger partial charge in [0, 0.05) is 30.1 Å². The third kappa shape index (κ3) is 5.52. The van der Waals surface area contributed by atoms with Crippen LogP contribution in [0.1, 0.15) is 11.1 Å². The van der Waals surface area contributed by atoms with Crippen molar-refractivity contribution in [2.45, 2.75) is 13.0 Å². The molecule has 7 heteroatoms. The zero-order valence-electron chi connectivity index (χ0n) is 17.1. The van der Waals surface area contributed by atoms with Crippen LogP contribution >= 0.6 is 11.3 Å². The fraction of sp³-hybridized carbons (Fsp3) is 0.167. The van der Waals surface area contributed by atoms with Gasteiger partial charge in [-0.25, -0.2) is 9.78 Å². The van der Waals surface area contributed by atoms with Gasteiger partial charge in [-0.2, -0.15) is 0 Å². The van der Waals surface area contributed by atoms with E-state index in [0.29, 0.717) is 24.7 Å². The van der Waals surface area contributed by atoms with E-state index in [9.17, 15) is 4.79 Å². The standard InChI is InChI=1S/C24H23N3O3S/c1-29-19-6-8-20(9-7-19)30-23-14-17(10-12-25-23)15-27-24(28)26-13-11-18-16-31-22-5-3-2-4-21(18)22/h2-10,12,14,16H,11,13,15H2,1H3,(H2,26,27,28). The highest BCUT2D eigenvalue weighted by atomic mass is 32.1. The summed E-state index contributed by atoms with van der Waals surface area (Å²) in [5.41, 5.74) is 2.16. The number of hydrogen-bond donors (Lipinski definition) is 2. The number of hydrogen-bond acceptors (Lipinski definition) is 5. The van der Waals surface area contributed by atoms with E-state index in [-0.39, 0.29) is 6.03 Å². The molecule has 0 spiro atoms. The maximum Gasteiger partial charge on any atom is 0.315 e. The van der Waals surface area contributed by atoms with Crippen LogP contribution in [0.4, 0.5) is 4.79 Å². The number of carbonyl (C=O) groups excluding carboxylic acids is 1. The maximum absolute atomic E-state index is 12.2. The number of benzene rings is 2. The lowest BCUT2D eigenvalue weighted by atomic mass is 10.1. The second-order valence-electron chi connectivity index (χ2n) is 6.90. The van der Waals surface area contributed by atoms with Gasteiger partial charge in [0.1, 0.15) is 11.5 Å². The molecule has 4 aromatic rings. The van der Waals surface area contributed by atoms with Gasteiger partial charge in [-0.15, -0.1) is 11.3 Å². The number of nitrogens with zero attached hydrogens (tertiary/aromatic N) is 1. The van der Waals surface area contributed by atoms with Crippen molar-refractivity contribution in [3.05, 3.63) is 83.4 Å². The summed E-state index contributed by atoms with van der Waals surface area (Å²) < 4.78 is 12.2. The molecule has 0 saturated heterocycles. The molecule has 6 nitrogen and oxygen atoms in total. The van der Waals surface area contributed by atoms with Crippen molar-refractivity contribution in [1.29, 1.82) is 0 Å². The quantitative estimate of drug-likeness (QED) is 0.404. The smallest absolute Gasteiger partial charge is 0.315 e. The van der Waals surface area contributed by atoms with Gasteiger partial charge in [0.25, 0.3) is 0 Å². The number of fused-ring (bicyclic) bond motifs is 1. The minimum Gasteiger partial charge on any atom is -0.497 e. The summed E-state index contributed by atoms with van der Waals surface area (Å²) in [5.74, 6) is 1.89. The van der Waals surface area contributed by atoms with Crippen molar-refractivity contribution in [3.63, 3.8) is 0 Å². The molecular formula is C24H23N3O3S. The first-order valence-corrected chi connectivity index (χ1v) is 10.8. The number of amides is 2. The third-order valence-electron chi connectivity index (χ3n) is 4.78. The summed E-state index contributed by atoms with van der Waals surface area (Å²) in [7, 11) is 1.62. The molecule has 0 fully saturated rings. The topological polar surface area (TPSA) is 72.5 Å². The van der Waals surface area contributed by atoms with Gasteiger partial charge in [0.15, 0.2) is 0 Å². The second kappa shape index (κ2) is 9.95. The first-order chi connectivity index (χ1) is 15.2. The van der Waals surface area contributed by atoms with E-state index in [4.69, 9.17) is 9.47 Å². The number of ether oxygens (including phenoxy) is 2. The molecule has 0 radical (unpaired) electrons. The molecule has 2 aromatic heterocycles. The Hall–Kier alpha value is -3.58. The number of nitrogens with one attached hydrogen (secondary N) is 2. The molecule has 4 rings (SSSR count). The molecule has 0 atom stereocenters. The highest BCUT2D eigenvalue weighted by Crippen LogP contribution is 2.26. The third-order valence-corrected chi connectivity index (χ3v) is 5.79. The molecule has 0 saturated carbocycles. The monoisotopic (exact) mass is 433 g/mol. The molecule has 2 aromatic carbocycles. The number of urea groups is 1. The Balaban J connectivity index is 1.24. The average Bonchev–Trinajstić information content (AvgIpc) is 3.22. The first-order valence-electron chi connectivity index (χ1n) is 9.95.